The molecule has 0 atom stereocenters. The van der Waals surface area contributed by atoms with Crippen LogP contribution in [0.2, 0.25) is 0 Å². The number of aliphatic hydroxyl groups is 1. The molecule has 0 heterocycles. The molecule has 0 unspecified atom stereocenters. The summed E-state index contributed by atoms with van der Waals surface area (Å²) in [4.78, 5) is 0. The van der Waals surface area contributed by atoms with Crippen LogP contribution in [-0.4, -0.2) is 11.7 Å². The zero-order valence-electron chi connectivity index (χ0n) is 27.6. The topological polar surface area (TPSA) is 20.2 Å². The van der Waals surface area contributed by atoms with Gasteiger partial charge in [0.2, 0.25) is 0 Å². The number of aliphatic hydroxyl groups excluding tert-OH is 1. The van der Waals surface area contributed by atoms with Gasteiger partial charge in [0.1, 0.15) is 0 Å². The van der Waals surface area contributed by atoms with Crippen molar-refractivity contribution in [2.75, 3.05) is 6.61 Å². The van der Waals surface area contributed by atoms with Gasteiger partial charge in [-0.3, -0.25) is 0 Å². The molecule has 39 heavy (non-hydrogen) atoms. The van der Waals surface area contributed by atoms with Crippen LogP contribution in [0, 0.1) is 0 Å². The van der Waals surface area contributed by atoms with Crippen LogP contribution in [0.15, 0.2) is 0 Å². The molecule has 1 heteroatoms. The Morgan fingerprint density at radius 3 is 0.462 bits per heavy atom. The fraction of sp³-hybridized carbons (Fsp3) is 1.00. The Labute approximate surface area is 249 Å². The van der Waals surface area contributed by atoms with Gasteiger partial charge in [-0.25, -0.2) is 0 Å². The maximum Gasteiger partial charge on any atom is 0.0431 e. The van der Waals surface area contributed by atoms with Crippen molar-refractivity contribution in [1.29, 1.82) is 0 Å². The number of rotatable bonds is 36. The summed E-state index contributed by atoms with van der Waals surface area (Å²) < 4.78 is 0. The largest absolute Gasteiger partial charge is 0.396 e. The van der Waals surface area contributed by atoms with Crippen molar-refractivity contribution >= 4 is 0 Å². The van der Waals surface area contributed by atoms with Crippen LogP contribution in [0.3, 0.4) is 0 Å². The predicted octanol–water partition coefficient (Wildman–Crippen LogP) is 14.0. The molecule has 0 aromatic carbocycles. The van der Waals surface area contributed by atoms with E-state index in [1.807, 2.05) is 0 Å². The molecule has 0 bridgehead atoms. The Morgan fingerprint density at radius 2 is 0.333 bits per heavy atom. The van der Waals surface area contributed by atoms with Crippen molar-refractivity contribution in [3.8, 4) is 0 Å². The number of unbranched alkanes of at least 4 members (excludes halogenated alkanes) is 35. The number of hydrogen-bond acceptors (Lipinski definition) is 1. The standard InChI is InChI=1S/C38H78O/c1-2-3-4-5-6-7-8-9-10-11-12-13-14-15-16-17-18-19-20-21-22-23-24-25-26-27-28-29-30-31-32-33-34-35-36-37-38-39/h39H,2-38H2,1H3. The molecule has 0 radical (unpaired) electrons. The molecule has 0 aliphatic carbocycles. The van der Waals surface area contributed by atoms with E-state index in [0.717, 1.165) is 6.42 Å². The zero-order valence-corrected chi connectivity index (χ0v) is 27.6. The predicted molar refractivity (Wildman–Crippen MR) is 179 cm³/mol. The van der Waals surface area contributed by atoms with Gasteiger partial charge < -0.3 is 5.11 Å². The fourth-order valence-electron chi connectivity index (χ4n) is 6.20. The van der Waals surface area contributed by atoms with E-state index in [1.165, 1.54) is 225 Å². The van der Waals surface area contributed by atoms with Gasteiger partial charge >= 0.3 is 0 Å². The van der Waals surface area contributed by atoms with Crippen LogP contribution in [0.5, 0.6) is 0 Å². The van der Waals surface area contributed by atoms with Crippen LogP contribution < -0.4 is 0 Å². The summed E-state index contributed by atoms with van der Waals surface area (Å²) in [5.41, 5.74) is 0. The average molecular weight is 551 g/mol. The summed E-state index contributed by atoms with van der Waals surface area (Å²) in [7, 11) is 0. The van der Waals surface area contributed by atoms with Gasteiger partial charge in [-0.1, -0.05) is 232 Å². The molecular weight excluding hydrogens is 472 g/mol. The van der Waals surface area contributed by atoms with Crippen LogP contribution in [0.1, 0.15) is 238 Å². The van der Waals surface area contributed by atoms with E-state index < -0.39 is 0 Å². The summed E-state index contributed by atoms with van der Waals surface area (Å²) in [5.74, 6) is 0. The third-order valence-corrected chi connectivity index (χ3v) is 9.01. The molecule has 0 aliphatic rings. The maximum absolute atomic E-state index is 8.79. The average Bonchev–Trinajstić information content (AvgIpc) is 2.95. The summed E-state index contributed by atoms with van der Waals surface area (Å²) in [6.45, 7) is 2.68. The normalized spacial score (nSPS) is 11.5. The Balaban J connectivity index is 3.01. The first-order valence-corrected chi connectivity index (χ1v) is 19.0. The molecule has 1 N–H and O–H groups in total. The van der Waals surface area contributed by atoms with E-state index in [9.17, 15) is 0 Å². The van der Waals surface area contributed by atoms with Crippen LogP contribution in [0.4, 0.5) is 0 Å². The molecule has 0 fully saturated rings. The Bertz CT molecular complexity index is 356. The first kappa shape index (κ1) is 39.0. The summed E-state index contributed by atoms with van der Waals surface area (Å²) in [6.07, 6.45) is 52.0. The first-order chi connectivity index (χ1) is 19.4. The molecule has 1 nitrogen and oxygen atoms in total. The second-order valence-electron chi connectivity index (χ2n) is 13.1. The second kappa shape index (κ2) is 38.0. The Hall–Kier alpha value is -0.0400. The van der Waals surface area contributed by atoms with Crippen LogP contribution in [-0.2, 0) is 0 Å². The third-order valence-electron chi connectivity index (χ3n) is 9.01. The molecular formula is C38H78O. The maximum atomic E-state index is 8.79. The van der Waals surface area contributed by atoms with Gasteiger partial charge in [0.25, 0.3) is 0 Å². The molecule has 0 saturated heterocycles. The lowest BCUT2D eigenvalue weighted by Crippen LogP contribution is -1.85. The third kappa shape index (κ3) is 38.0. The van der Waals surface area contributed by atoms with Gasteiger partial charge in [-0.05, 0) is 6.42 Å². The van der Waals surface area contributed by atoms with Crippen molar-refractivity contribution in [2.24, 2.45) is 0 Å². The SMILES string of the molecule is CCCCCCCCCCCCCCCCCCCCCCCCCCCCCCCCCCCCCCO. The summed E-state index contributed by atoms with van der Waals surface area (Å²) in [5, 5.41) is 8.79. The van der Waals surface area contributed by atoms with E-state index in [4.69, 9.17) is 5.11 Å². The monoisotopic (exact) mass is 551 g/mol. The van der Waals surface area contributed by atoms with E-state index in [2.05, 4.69) is 6.92 Å². The van der Waals surface area contributed by atoms with Crippen molar-refractivity contribution < 1.29 is 5.11 Å². The molecule has 0 aromatic heterocycles. The fourth-order valence-corrected chi connectivity index (χ4v) is 6.20. The highest BCUT2D eigenvalue weighted by atomic mass is 16.2. The lowest BCUT2D eigenvalue weighted by Gasteiger charge is -2.05. The molecule has 0 aromatic rings. The van der Waals surface area contributed by atoms with E-state index >= 15 is 0 Å². The molecule has 236 valence electrons. The lowest BCUT2D eigenvalue weighted by atomic mass is 10.0. The van der Waals surface area contributed by atoms with Crippen molar-refractivity contribution in [2.45, 2.75) is 238 Å². The van der Waals surface area contributed by atoms with Gasteiger partial charge in [0.05, 0.1) is 0 Å². The molecule has 0 amide bonds. The highest BCUT2D eigenvalue weighted by Crippen LogP contribution is 2.17. The van der Waals surface area contributed by atoms with Crippen LogP contribution >= 0.6 is 0 Å². The van der Waals surface area contributed by atoms with E-state index in [0.29, 0.717) is 6.61 Å². The van der Waals surface area contributed by atoms with Crippen molar-refractivity contribution in [3.05, 3.63) is 0 Å². The van der Waals surface area contributed by atoms with Crippen molar-refractivity contribution in [3.63, 3.8) is 0 Å². The molecule has 0 spiro atoms. The van der Waals surface area contributed by atoms with Crippen molar-refractivity contribution in [1.82, 2.24) is 0 Å². The lowest BCUT2D eigenvalue weighted by molar-refractivity contribution is 0.282. The Kier molecular flexibility index (Phi) is 37.9. The smallest absolute Gasteiger partial charge is 0.0431 e. The van der Waals surface area contributed by atoms with E-state index in [-0.39, 0.29) is 0 Å². The quantitative estimate of drug-likeness (QED) is 0.0769. The highest BCUT2D eigenvalue weighted by Gasteiger charge is 1.97. The Morgan fingerprint density at radius 1 is 0.205 bits per heavy atom. The second-order valence-corrected chi connectivity index (χ2v) is 13.1. The minimum absolute atomic E-state index is 0.375. The minimum atomic E-state index is 0.375. The van der Waals surface area contributed by atoms with Gasteiger partial charge in [0.15, 0.2) is 0 Å². The summed E-state index contributed by atoms with van der Waals surface area (Å²) >= 11 is 0. The highest BCUT2D eigenvalue weighted by molar-refractivity contribution is 4.53. The van der Waals surface area contributed by atoms with E-state index in [1.54, 1.807) is 0 Å². The zero-order chi connectivity index (χ0) is 28.2. The summed E-state index contributed by atoms with van der Waals surface area (Å²) in [6, 6.07) is 0. The van der Waals surface area contributed by atoms with Gasteiger partial charge in [-0.2, -0.15) is 0 Å². The van der Waals surface area contributed by atoms with Crippen LogP contribution in [0.25, 0.3) is 0 Å². The van der Waals surface area contributed by atoms with Gasteiger partial charge in [-0.15, -0.1) is 0 Å². The molecule has 0 aliphatic heterocycles. The first-order valence-electron chi connectivity index (χ1n) is 19.0. The molecule has 0 rings (SSSR count). The minimum Gasteiger partial charge on any atom is -0.396 e. The molecule has 0 saturated carbocycles. The number of hydrogen-bond donors (Lipinski definition) is 1. The van der Waals surface area contributed by atoms with Gasteiger partial charge in [0, 0.05) is 6.61 Å².